The lowest BCUT2D eigenvalue weighted by molar-refractivity contribution is 0.0684. The smallest absolute Gasteiger partial charge is 0.352 e. The highest BCUT2D eigenvalue weighted by Gasteiger charge is 2.22. The standard InChI is InChI=1S/C27H24FN3O2/c28-23-10-4-1-7-19(23)17-31-25-12-6-3-9-21(25)22(26(31)27(32)33)16-29-14-13-18-15-30-24-11-5-2-8-20(18)24/h1-12,15,29-30H,13-14,16-17H2,(H,32,33). The molecule has 0 bridgehead atoms. The van der Waals surface area contributed by atoms with Crippen molar-refractivity contribution in [1.82, 2.24) is 14.9 Å². The van der Waals surface area contributed by atoms with Crippen LogP contribution >= 0.6 is 0 Å². The Labute approximate surface area is 190 Å². The van der Waals surface area contributed by atoms with Crippen molar-refractivity contribution in [3.05, 3.63) is 107 Å². The van der Waals surface area contributed by atoms with Crippen LogP contribution in [0.25, 0.3) is 21.8 Å². The van der Waals surface area contributed by atoms with Crippen molar-refractivity contribution in [3.63, 3.8) is 0 Å². The number of halogens is 1. The van der Waals surface area contributed by atoms with Gasteiger partial charge < -0.3 is 20.0 Å². The van der Waals surface area contributed by atoms with Crippen molar-refractivity contribution in [3.8, 4) is 0 Å². The highest BCUT2D eigenvalue weighted by Crippen LogP contribution is 2.28. The molecule has 2 aromatic heterocycles. The fourth-order valence-corrected chi connectivity index (χ4v) is 4.53. The van der Waals surface area contributed by atoms with E-state index >= 15 is 0 Å². The molecular weight excluding hydrogens is 417 g/mol. The lowest BCUT2D eigenvalue weighted by Gasteiger charge is -2.10. The minimum Gasteiger partial charge on any atom is -0.477 e. The van der Waals surface area contributed by atoms with E-state index in [1.54, 1.807) is 22.8 Å². The van der Waals surface area contributed by atoms with E-state index in [4.69, 9.17) is 0 Å². The number of aromatic nitrogens is 2. The molecular formula is C27H24FN3O2. The Morgan fingerprint density at radius 3 is 2.48 bits per heavy atom. The first kappa shape index (κ1) is 21.0. The summed E-state index contributed by atoms with van der Waals surface area (Å²) in [5.74, 6) is -1.36. The van der Waals surface area contributed by atoms with Crippen molar-refractivity contribution >= 4 is 27.8 Å². The number of benzene rings is 3. The van der Waals surface area contributed by atoms with Crippen molar-refractivity contribution in [2.24, 2.45) is 0 Å². The van der Waals surface area contributed by atoms with E-state index in [-0.39, 0.29) is 18.1 Å². The molecule has 3 N–H and O–H groups in total. The maximum absolute atomic E-state index is 14.3. The van der Waals surface area contributed by atoms with Gasteiger partial charge in [-0.25, -0.2) is 9.18 Å². The number of para-hydroxylation sites is 2. The summed E-state index contributed by atoms with van der Waals surface area (Å²) in [4.78, 5) is 15.6. The molecule has 0 amide bonds. The molecule has 0 spiro atoms. The maximum Gasteiger partial charge on any atom is 0.352 e. The third kappa shape index (κ3) is 4.01. The Bertz CT molecular complexity index is 1450. The van der Waals surface area contributed by atoms with Crippen molar-refractivity contribution in [1.29, 1.82) is 0 Å². The number of H-pyrrole nitrogens is 1. The third-order valence-corrected chi connectivity index (χ3v) is 6.11. The maximum atomic E-state index is 14.3. The van der Waals surface area contributed by atoms with Gasteiger partial charge in [0.2, 0.25) is 0 Å². The lowest BCUT2D eigenvalue weighted by Crippen LogP contribution is -2.19. The number of rotatable bonds is 8. The van der Waals surface area contributed by atoms with Crippen molar-refractivity contribution < 1.29 is 14.3 Å². The summed E-state index contributed by atoms with van der Waals surface area (Å²) in [5.41, 5.74) is 4.48. The Kier molecular flexibility index (Phi) is 5.67. The first-order valence-corrected chi connectivity index (χ1v) is 11.0. The van der Waals surface area contributed by atoms with Crippen LogP contribution in [-0.4, -0.2) is 27.2 Å². The second-order valence-electron chi connectivity index (χ2n) is 8.11. The quantitative estimate of drug-likeness (QED) is 0.285. The molecule has 2 heterocycles. The molecule has 5 rings (SSSR count). The summed E-state index contributed by atoms with van der Waals surface area (Å²) < 4.78 is 16.0. The van der Waals surface area contributed by atoms with Gasteiger partial charge in [-0.1, -0.05) is 54.6 Å². The topological polar surface area (TPSA) is 70.1 Å². The van der Waals surface area contributed by atoms with Crippen LogP contribution in [0.15, 0.2) is 79.0 Å². The first-order valence-electron chi connectivity index (χ1n) is 11.0. The van der Waals surface area contributed by atoms with E-state index in [0.29, 0.717) is 24.2 Å². The summed E-state index contributed by atoms with van der Waals surface area (Å²) in [6.07, 6.45) is 2.84. The van der Waals surface area contributed by atoms with Gasteiger partial charge in [-0.3, -0.25) is 0 Å². The summed E-state index contributed by atoms with van der Waals surface area (Å²) >= 11 is 0. The molecule has 0 saturated heterocycles. The molecule has 0 fully saturated rings. The predicted molar refractivity (Wildman–Crippen MR) is 128 cm³/mol. The van der Waals surface area contributed by atoms with E-state index in [1.807, 2.05) is 42.6 Å². The van der Waals surface area contributed by atoms with Crippen LogP contribution in [0.1, 0.15) is 27.2 Å². The molecule has 3 aromatic carbocycles. The minimum absolute atomic E-state index is 0.157. The molecule has 0 unspecified atom stereocenters. The van der Waals surface area contributed by atoms with Crippen LogP contribution in [0.5, 0.6) is 0 Å². The Balaban J connectivity index is 1.42. The Morgan fingerprint density at radius 1 is 0.939 bits per heavy atom. The zero-order chi connectivity index (χ0) is 22.8. The van der Waals surface area contributed by atoms with Crippen LogP contribution < -0.4 is 5.32 Å². The number of nitrogens with zero attached hydrogens (tertiary/aromatic N) is 1. The number of carboxylic acid groups (broad SMARTS) is 1. The van der Waals surface area contributed by atoms with Gasteiger partial charge in [0.05, 0.1) is 6.54 Å². The predicted octanol–water partition coefficient (Wildman–Crippen LogP) is 5.34. The average Bonchev–Trinajstić information content (AvgIpc) is 3.37. The van der Waals surface area contributed by atoms with Crippen LogP contribution in [-0.2, 0) is 19.5 Å². The van der Waals surface area contributed by atoms with E-state index in [2.05, 4.69) is 22.4 Å². The molecule has 0 aliphatic carbocycles. The molecule has 0 radical (unpaired) electrons. The first-order chi connectivity index (χ1) is 16.1. The van der Waals surface area contributed by atoms with Gasteiger partial charge in [-0.15, -0.1) is 0 Å². The number of fused-ring (bicyclic) bond motifs is 2. The third-order valence-electron chi connectivity index (χ3n) is 6.11. The summed E-state index contributed by atoms with van der Waals surface area (Å²) in [5, 5.41) is 15.6. The summed E-state index contributed by atoms with van der Waals surface area (Å²) in [6.45, 7) is 1.27. The van der Waals surface area contributed by atoms with Gasteiger partial charge in [0, 0.05) is 45.7 Å². The number of hydrogen-bond donors (Lipinski definition) is 3. The molecule has 0 saturated carbocycles. The highest BCUT2D eigenvalue weighted by atomic mass is 19.1. The van der Waals surface area contributed by atoms with Crippen molar-refractivity contribution in [2.45, 2.75) is 19.5 Å². The van der Waals surface area contributed by atoms with Crippen LogP contribution in [0.4, 0.5) is 4.39 Å². The normalized spacial score (nSPS) is 11.4. The number of nitrogens with one attached hydrogen (secondary N) is 2. The fourth-order valence-electron chi connectivity index (χ4n) is 4.53. The summed E-state index contributed by atoms with van der Waals surface area (Å²) in [6, 6.07) is 22.2. The van der Waals surface area contributed by atoms with Crippen LogP contribution in [0, 0.1) is 5.82 Å². The van der Waals surface area contributed by atoms with Gasteiger partial charge in [0.15, 0.2) is 0 Å². The second-order valence-corrected chi connectivity index (χ2v) is 8.11. The largest absolute Gasteiger partial charge is 0.477 e. The van der Waals surface area contributed by atoms with Crippen LogP contribution in [0.2, 0.25) is 0 Å². The lowest BCUT2D eigenvalue weighted by atomic mass is 10.1. The van der Waals surface area contributed by atoms with Gasteiger partial charge in [-0.2, -0.15) is 0 Å². The molecule has 0 atom stereocenters. The number of aromatic amines is 1. The average molecular weight is 442 g/mol. The van der Waals surface area contributed by atoms with Crippen LogP contribution in [0.3, 0.4) is 0 Å². The number of aromatic carboxylic acids is 1. The molecule has 6 heteroatoms. The molecule has 5 aromatic rings. The summed E-state index contributed by atoms with van der Waals surface area (Å²) in [7, 11) is 0. The molecule has 0 aliphatic heterocycles. The monoisotopic (exact) mass is 441 g/mol. The Morgan fingerprint density at radius 2 is 1.67 bits per heavy atom. The molecule has 166 valence electrons. The zero-order valence-corrected chi connectivity index (χ0v) is 18.0. The van der Waals surface area contributed by atoms with E-state index < -0.39 is 5.97 Å². The van der Waals surface area contributed by atoms with E-state index in [0.717, 1.165) is 22.8 Å². The molecule has 33 heavy (non-hydrogen) atoms. The van der Waals surface area contributed by atoms with Gasteiger partial charge >= 0.3 is 5.97 Å². The van der Waals surface area contributed by atoms with Gasteiger partial charge in [-0.05, 0) is 36.7 Å². The van der Waals surface area contributed by atoms with Crippen molar-refractivity contribution in [2.75, 3.05) is 6.54 Å². The van der Waals surface area contributed by atoms with E-state index in [9.17, 15) is 14.3 Å². The SMILES string of the molecule is O=C(O)c1c(CNCCc2c[nH]c3ccccc23)c2ccccc2n1Cc1ccccc1F. The molecule has 5 nitrogen and oxygen atoms in total. The Hall–Kier alpha value is -3.90. The van der Waals surface area contributed by atoms with E-state index in [1.165, 1.54) is 17.0 Å². The number of carbonyl (C=O) groups is 1. The van der Waals surface area contributed by atoms with Gasteiger partial charge in [0.1, 0.15) is 11.5 Å². The molecule has 0 aliphatic rings. The van der Waals surface area contributed by atoms with Gasteiger partial charge in [0.25, 0.3) is 0 Å². The zero-order valence-electron chi connectivity index (χ0n) is 18.0. The second kappa shape index (κ2) is 8.92. The fraction of sp³-hybridized carbons (Fsp3) is 0.148. The number of carboxylic acids is 1. The minimum atomic E-state index is -1.02. The highest BCUT2D eigenvalue weighted by molar-refractivity contribution is 5.98. The number of hydrogen-bond acceptors (Lipinski definition) is 2.